The van der Waals surface area contributed by atoms with Crippen LogP contribution in [0, 0.1) is 0 Å². The number of hydrogen-bond donors (Lipinski definition) is 1. The van der Waals surface area contributed by atoms with E-state index in [4.69, 9.17) is 9.72 Å². The van der Waals surface area contributed by atoms with Crippen LogP contribution in [0.3, 0.4) is 0 Å². The molecule has 3 rings (SSSR count). The first-order chi connectivity index (χ1) is 11.5. The van der Waals surface area contributed by atoms with Crippen molar-refractivity contribution >= 4 is 22.7 Å². The van der Waals surface area contributed by atoms with E-state index in [9.17, 15) is 0 Å². The number of ether oxygens (including phenoxy) is 1. The van der Waals surface area contributed by atoms with Crippen molar-refractivity contribution in [3.63, 3.8) is 0 Å². The molecule has 0 radical (unpaired) electrons. The summed E-state index contributed by atoms with van der Waals surface area (Å²) in [6.07, 6.45) is 1.88. The molecule has 128 valence electrons. The lowest BCUT2D eigenvalue weighted by Gasteiger charge is -2.26. The highest BCUT2D eigenvalue weighted by atomic mass is 32.1. The van der Waals surface area contributed by atoms with Crippen molar-refractivity contribution in [1.82, 2.24) is 10.4 Å². The molecule has 6 heteroatoms. The highest BCUT2D eigenvalue weighted by Crippen LogP contribution is 2.32. The Balaban J connectivity index is 1.91. The van der Waals surface area contributed by atoms with Gasteiger partial charge in [0, 0.05) is 24.2 Å². The molecule has 2 heterocycles. The van der Waals surface area contributed by atoms with Crippen LogP contribution in [0.2, 0.25) is 0 Å². The SMILES string of the molecule is CC(C)(C)N/N=C\c1sc(N2CCOCC2)nc1-c1ccccc1. The summed E-state index contributed by atoms with van der Waals surface area (Å²) in [5.41, 5.74) is 5.20. The van der Waals surface area contributed by atoms with Crippen LogP contribution in [0.5, 0.6) is 0 Å². The van der Waals surface area contributed by atoms with Crippen LogP contribution in [-0.4, -0.2) is 43.0 Å². The average molecular weight is 344 g/mol. The van der Waals surface area contributed by atoms with E-state index < -0.39 is 0 Å². The third-order valence-electron chi connectivity index (χ3n) is 3.55. The number of thiazole rings is 1. The van der Waals surface area contributed by atoms with Crippen molar-refractivity contribution in [2.45, 2.75) is 26.3 Å². The van der Waals surface area contributed by atoms with E-state index in [1.807, 2.05) is 24.4 Å². The minimum absolute atomic E-state index is 0.0544. The van der Waals surface area contributed by atoms with Crippen LogP contribution < -0.4 is 10.3 Å². The van der Waals surface area contributed by atoms with Crippen LogP contribution in [0.4, 0.5) is 5.13 Å². The average Bonchev–Trinajstić information content (AvgIpc) is 2.99. The van der Waals surface area contributed by atoms with Gasteiger partial charge in [-0.1, -0.05) is 41.7 Å². The predicted octanol–water partition coefficient (Wildman–Crippen LogP) is 3.37. The van der Waals surface area contributed by atoms with Crippen LogP contribution >= 0.6 is 11.3 Å². The van der Waals surface area contributed by atoms with Gasteiger partial charge in [-0.05, 0) is 20.8 Å². The minimum Gasteiger partial charge on any atom is -0.378 e. The zero-order chi connectivity index (χ0) is 17.0. The number of hydrogen-bond acceptors (Lipinski definition) is 6. The molecule has 1 N–H and O–H groups in total. The van der Waals surface area contributed by atoms with Gasteiger partial charge < -0.3 is 15.1 Å². The number of nitrogens with zero attached hydrogens (tertiary/aromatic N) is 3. The molecule has 1 aliphatic heterocycles. The number of nitrogens with one attached hydrogen (secondary N) is 1. The standard InChI is InChI=1S/C18H24N4OS/c1-18(2,3)21-19-13-15-16(14-7-5-4-6-8-14)20-17(24-15)22-9-11-23-12-10-22/h4-8,13,21H,9-12H2,1-3H3/b19-13-. The van der Waals surface area contributed by atoms with Crippen molar-refractivity contribution in [2.24, 2.45) is 5.10 Å². The van der Waals surface area contributed by atoms with Gasteiger partial charge in [-0.15, -0.1) is 0 Å². The molecule has 5 nitrogen and oxygen atoms in total. The quantitative estimate of drug-likeness (QED) is 0.682. The Morgan fingerprint density at radius 2 is 1.92 bits per heavy atom. The van der Waals surface area contributed by atoms with Gasteiger partial charge in [-0.25, -0.2) is 4.98 Å². The minimum atomic E-state index is -0.0544. The third kappa shape index (κ3) is 4.33. The number of rotatable bonds is 4. The zero-order valence-electron chi connectivity index (χ0n) is 14.5. The van der Waals surface area contributed by atoms with E-state index in [0.717, 1.165) is 47.6 Å². The number of aromatic nitrogens is 1. The lowest BCUT2D eigenvalue weighted by Crippen LogP contribution is -2.36. The second kappa shape index (κ2) is 7.32. The lowest BCUT2D eigenvalue weighted by molar-refractivity contribution is 0.122. The summed E-state index contributed by atoms with van der Waals surface area (Å²) in [6.45, 7) is 9.57. The van der Waals surface area contributed by atoms with Crippen LogP contribution in [0.15, 0.2) is 35.4 Å². The van der Waals surface area contributed by atoms with Crippen molar-refractivity contribution < 1.29 is 4.74 Å². The Bertz CT molecular complexity index is 685. The number of hydrazone groups is 1. The maximum Gasteiger partial charge on any atom is 0.186 e. The molecule has 1 aliphatic rings. The molecular formula is C18H24N4OS. The van der Waals surface area contributed by atoms with Gasteiger partial charge in [0.1, 0.15) is 0 Å². The number of anilines is 1. The molecule has 1 aromatic carbocycles. The molecule has 2 aromatic rings. The summed E-state index contributed by atoms with van der Waals surface area (Å²) in [5, 5.41) is 5.45. The maximum atomic E-state index is 5.44. The molecule has 1 saturated heterocycles. The molecule has 0 unspecified atom stereocenters. The van der Waals surface area contributed by atoms with E-state index in [-0.39, 0.29) is 5.54 Å². The predicted molar refractivity (Wildman–Crippen MR) is 101 cm³/mol. The summed E-state index contributed by atoms with van der Waals surface area (Å²) >= 11 is 1.68. The van der Waals surface area contributed by atoms with E-state index in [2.05, 4.69) is 48.3 Å². The van der Waals surface area contributed by atoms with Gasteiger partial charge in [0.05, 0.1) is 30.0 Å². The number of benzene rings is 1. The Labute approximate surface area is 147 Å². The van der Waals surface area contributed by atoms with Gasteiger partial charge >= 0.3 is 0 Å². The second-order valence-corrected chi connectivity index (χ2v) is 7.80. The van der Waals surface area contributed by atoms with Crippen LogP contribution in [0.1, 0.15) is 25.6 Å². The summed E-state index contributed by atoms with van der Waals surface area (Å²) in [4.78, 5) is 8.24. The molecule has 0 saturated carbocycles. The van der Waals surface area contributed by atoms with Crippen LogP contribution in [-0.2, 0) is 4.74 Å². The number of morpholine rings is 1. The van der Waals surface area contributed by atoms with E-state index in [1.165, 1.54) is 0 Å². The fourth-order valence-electron chi connectivity index (χ4n) is 2.39. The van der Waals surface area contributed by atoms with Gasteiger partial charge in [0.15, 0.2) is 5.13 Å². The normalized spacial score (nSPS) is 15.9. The molecule has 24 heavy (non-hydrogen) atoms. The van der Waals surface area contributed by atoms with Gasteiger partial charge in [-0.2, -0.15) is 5.10 Å². The van der Waals surface area contributed by atoms with Gasteiger partial charge in [-0.3, -0.25) is 0 Å². The second-order valence-electron chi connectivity index (χ2n) is 6.79. The maximum absolute atomic E-state index is 5.44. The Morgan fingerprint density at radius 3 is 2.58 bits per heavy atom. The Hall–Kier alpha value is -1.92. The van der Waals surface area contributed by atoms with Crippen LogP contribution in [0.25, 0.3) is 11.3 Å². The fraction of sp³-hybridized carbons (Fsp3) is 0.444. The highest BCUT2D eigenvalue weighted by molar-refractivity contribution is 7.17. The lowest BCUT2D eigenvalue weighted by atomic mass is 10.1. The molecule has 0 amide bonds. The molecule has 0 aliphatic carbocycles. The first kappa shape index (κ1) is 16.9. The molecule has 0 spiro atoms. The van der Waals surface area contributed by atoms with E-state index in [0.29, 0.717) is 0 Å². The summed E-state index contributed by atoms with van der Waals surface area (Å²) in [5.74, 6) is 0. The summed E-state index contributed by atoms with van der Waals surface area (Å²) in [6, 6.07) is 10.3. The molecule has 0 atom stereocenters. The van der Waals surface area contributed by atoms with E-state index >= 15 is 0 Å². The Kier molecular flexibility index (Phi) is 5.16. The third-order valence-corrected chi connectivity index (χ3v) is 4.60. The van der Waals surface area contributed by atoms with Crippen molar-refractivity contribution in [1.29, 1.82) is 0 Å². The highest BCUT2D eigenvalue weighted by Gasteiger charge is 2.19. The Morgan fingerprint density at radius 1 is 1.21 bits per heavy atom. The van der Waals surface area contributed by atoms with Gasteiger partial charge in [0.2, 0.25) is 0 Å². The van der Waals surface area contributed by atoms with Crippen molar-refractivity contribution in [3.8, 4) is 11.3 Å². The van der Waals surface area contributed by atoms with Gasteiger partial charge in [0.25, 0.3) is 0 Å². The first-order valence-corrected chi connectivity index (χ1v) is 9.04. The largest absolute Gasteiger partial charge is 0.378 e. The smallest absolute Gasteiger partial charge is 0.186 e. The molecule has 1 aromatic heterocycles. The topological polar surface area (TPSA) is 49.8 Å². The molecule has 0 bridgehead atoms. The first-order valence-electron chi connectivity index (χ1n) is 8.22. The van der Waals surface area contributed by atoms with E-state index in [1.54, 1.807) is 11.3 Å². The summed E-state index contributed by atoms with van der Waals surface area (Å²) < 4.78 is 5.44. The van der Waals surface area contributed by atoms with Crippen molar-refractivity contribution in [2.75, 3.05) is 31.2 Å². The molecular weight excluding hydrogens is 320 g/mol. The monoisotopic (exact) mass is 344 g/mol. The summed E-state index contributed by atoms with van der Waals surface area (Å²) in [7, 11) is 0. The molecule has 1 fully saturated rings. The fourth-order valence-corrected chi connectivity index (χ4v) is 3.40. The van der Waals surface area contributed by atoms with Crippen molar-refractivity contribution in [3.05, 3.63) is 35.2 Å². The zero-order valence-corrected chi connectivity index (χ0v) is 15.3.